The van der Waals surface area contributed by atoms with Gasteiger partial charge >= 0.3 is 5.92 Å². The van der Waals surface area contributed by atoms with Crippen molar-refractivity contribution in [2.45, 2.75) is 63.0 Å². The van der Waals surface area contributed by atoms with Crippen molar-refractivity contribution in [3.63, 3.8) is 0 Å². The maximum atomic E-state index is 14.9. The minimum Gasteiger partial charge on any atom is -0.349 e. The van der Waals surface area contributed by atoms with Crippen LogP contribution in [-0.4, -0.2) is 78.4 Å². The maximum absolute atomic E-state index is 14.9. The van der Waals surface area contributed by atoms with E-state index in [9.17, 15) is 18.4 Å². The summed E-state index contributed by atoms with van der Waals surface area (Å²) in [6, 6.07) is 7.06. The number of fused-ring (bicyclic) bond motifs is 1. The standard InChI is InChI=1S/C27H35F2N7O2/c1-34-14-12-20(13-15-34)31-24(37)18-8-10-19(11-9-18)32-26-30-16-22-23(33-26)36(21-6-4-3-5-7-21)17-27(28,29)25(38)35(22)2/h8-11,16,20-21H,3-7,12-15,17H2,1-2H3,(H,31,37)(H,30,32,33). The van der Waals surface area contributed by atoms with Crippen LogP contribution in [0.1, 0.15) is 55.3 Å². The van der Waals surface area contributed by atoms with Gasteiger partial charge in [0.05, 0.1) is 12.7 Å². The molecular weight excluding hydrogens is 492 g/mol. The Balaban J connectivity index is 1.33. The molecule has 3 aliphatic rings. The molecule has 2 N–H and O–H groups in total. The lowest BCUT2D eigenvalue weighted by molar-refractivity contribution is -0.140. The second-order valence-corrected chi connectivity index (χ2v) is 10.6. The Labute approximate surface area is 221 Å². The molecular formula is C27H35F2N7O2. The third-order valence-corrected chi connectivity index (χ3v) is 7.84. The van der Waals surface area contributed by atoms with E-state index >= 15 is 0 Å². The molecule has 2 aromatic rings. The number of alkyl halides is 2. The first-order valence-corrected chi connectivity index (χ1v) is 13.4. The quantitative estimate of drug-likeness (QED) is 0.611. The second kappa shape index (κ2) is 10.8. The number of amides is 2. The Morgan fingerprint density at radius 1 is 1.03 bits per heavy atom. The van der Waals surface area contributed by atoms with Crippen LogP contribution in [0.4, 0.5) is 31.9 Å². The molecule has 5 rings (SSSR count). The number of halogens is 2. The monoisotopic (exact) mass is 527 g/mol. The average molecular weight is 528 g/mol. The third-order valence-electron chi connectivity index (χ3n) is 7.84. The average Bonchev–Trinajstić information content (AvgIpc) is 2.99. The highest BCUT2D eigenvalue weighted by molar-refractivity contribution is 6.02. The molecule has 3 heterocycles. The minimum atomic E-state index is -3.52. The van der Waals surface area contributed by atoms with Crippen molar-refractivity contribution >= 4 is 35.0 Å². The van der Waals surface area contributed by atoms with Crippen molar-refractivity contribution in [1.29, 1.82) is 0 Å². The van der Waals surface area contributed by atoms with Gasteiger partial charge < -0.3 is 25.3 Å². The van der Waals surface area contributed by atoms with Crippen molar-refractivity contribution in [2.75, 3.05) is 48.8 Å². The summed E-state index contributed by atoms with van der Waals surface area (Å²) in [5.74, 6) is -4.32. The van der Waals surface area contributed by atoms with Crippen LogP contribution in [0.3, 0.4) is 0 Å². The smallest absolute Gasteiger partial charge is 0.342 e. The molecule has 11 heteroatoms. The van der Waals surface area contributed by atoms with Gasteiger partial charge in [-0.05, 0) is 70.1 Å². The van der Waals surface area contributed by atoms with E-state index in [-0.39, 0.29) is 29.6 Å². The number of hydrogen-bond donors (Lipinski definition) is 2. The number of hydrogen-bond acceptors (Lipinski definition) is 7. The van der Waals surface area contributed by atoms with Gasteiger partial charge in [0, 0.05) is 30.4 Å². The molecule has 1 aromatic heterocycles. The largest absolute Gasteiger partial charge is 0.349 e. The van der Waals surface area contributed by atoms with Gasteiger partial charge in [0.25, 0.3) is 11.8 Å². The first kappa shape index (κ1) is 26.3. The van der Waals surface area contributed by atoms with Crippen LogP contribution in [0.5, 0.6) is 0 Å². The summed E-state index contributed by atoms with van der Waals surface area (Å²) >= 11 is 0. The van der Waals surface area contributed by atoms with Gasteiger partial charge in [0.15, 0.2) is 5.82 Å². The molecule has 2 amide bonds. The van der Waals surface area contributed by atoms with Crippen LogP contribution in [-0.2, 0) is 4.79 Å². The number of rotatable bonds is 5. The number of nitrogens with zero attached hydrogens (tertiary/aromatic N) is 5. The van der Waals surface area contributed by atoms with Gasteiger partial charge in [-0.3, -0.25) is 9.59 Å². The lowest BCUT2D eigenvalue weighted by atomic mass is 9.94. The van der Waals surface area contributed by atoms with Crippen LogP contribution >= 0.6 is 0 Å². The molecule has 204 valence electrons. The number of benzene rings is 1. The first-order valence-electron chi connectivity index (χ1n) is 13.4. The van der Waals surface area contributed by atoms with Crippen LogP contribution < -0.4 is 20.4 Å². The van der Waals surface area contributed by atoms with Gasteiger partial charge in [0.1, 0.15) is 5.69 Å². The van der Waals surface area contributed by atoms with Gasteiger partial charge in [-0.1, -0.05) is 19.3 Å². The van der Waals surface area contributed by atoms with E-state index < -0.39 is 18.4 Å². The van der Waals surface area contributed by atoms with Gasteiger partial charge in [-0.15, -0.1) is 0 Å². The molecule has 1 aromatic carbocycles. The van der Waals surface area contributed by atoms with Crippen molar-refractivity contribution < 1.29 is 18.4 Å². The Hall–Kier alpha value is -3.34. The molecule has 0 unspecified atom stereocenters. The number of carbonyl (C=O) groups excluding carboxylic acids is 2. The minimum absolute atomic E-state index is 0.107. The summed E-state index contributed by atoms with van der Waals surface area (Å²) in [7, 11) is 3.42. The van der Waals surface area contributed by atoms with Gasteiger partial charge in [-0.2, -0.15) is 13.8 Å². The zero-order valence-corrected chi connectivity index (χ0v) is 21.9. The molecule has 2 fully saturated rings. The van der Waals surface area contributed by atoms with E-state index in [0.717, 1.165) is 62.9 Å². The van der Waals surface area contributed by atoms with Crippen molar-refractivity contribution in [3.8, 4) is 0 Å². The predicted octanol–water partition coefficient (Wildman–Crippen LogP) is 3.80. The number of anilines is 4. The molecule has 38 heavy (non-hydrogen) atoms. The number of carbonyl (C=O) groups is 2. The highest BCUT2D eigenvalue weighted by atomic mass is 19.3. The molecule has 0 atom stereocenters. The molecule has 0 radical (unpaired) electrons. The normalized spacial score (nSPS) is 21.1. The predicted molar refractivity (Wildman–Crippen MR) is 142 cm³/mol. The second-order valence-electron chi connectivity index (χ2n) is 10.6. The lowest BCUT2D eigenvalue weighted by Gasteiger charge is -2.35. The molecule has 1 saturated carbocycles. The highest BCUT2D eigenvalue weighted by Crippen LogP contribution is 2.39. The van der Waals surface area contributed by atoms with E-state index in [0.29, 0.717) is 17.1 Å². The Morgan fingerprint density at radius 3 is 2.39 bits per heavy atom. The third kappa shape index (κ3) is 5.57. The summed E-state index contributed by atoms with van der Waals surface area (Å²) in [6.07, 6.45) is 7.84. The van der Waals surface area contributed by atoms with Gasteiger partial charge in [0.2, 0.25) is 5.95 Å². The SMILES string of the molecule is CN1CCC(NC(=O)c2ccc(Nc3ncc4c(n3)N(C3CCCCC3)CC(F)(F)C(=O)N4C)cc2)CC1. The Bertz CT molecular complexity index is 1160. The summed E-state index contributed by atoms with van der Waals surface area (Å²) in [6.45, 7) is 1.23. The van der Waals surface area contributed by atoms with Crippen LogP contribution in [0.25, 0.3) is 0 Å². The molecule has 1 aliphatic carbocycles. The maximum Gasteiger partial charge on any atom is 0.342 e. The number of likely N-dealkylation sites (tertiary alicyclic amines) is 1. The molecule has 0 bridgehead atoms. The molecule has 9 nitrogen and oxygen atoms in total. The number of piperidine rings is 1. The summed E-state index contributed by atoms with van der Waals surface area (Å²) in [5, 5.41) is 6.23. The summed E-state index contributed by atoms with van der Waals surface area (Å²) < 4.78 is 29.7. The molecule has 1 saturated heterocycles. The molecule has 2 aliphatic heterocycles. The molecule has 0 spiro atoms. The van der Waals surface area contributed by atoms with Gasteiger partial charge in [-0.25, -0.2) is 4.98 Å². The van der Waals surface area contributed by atoms with Crippen molar-refractivity contribution in [2.24, 2.45) is 0 Å². The number of nitrogens with one attached hydrogen (secondary N) is 2. The van der Waals surface area contributed by atoms with E-state index in [4.69, 9.17) is 0 Å². The fraction of sp³-hybridized carbons (Fsp3) is 0.556. The first-order chi connectivity index (χ1) is 18.2. The lowest BCUT2D eigenvalue weighted by Crippen LogP contribution is -2.49. The zero-order chi connectivity index (χ0) is 26.9. The Morgan fingerprint density at radius 2 is 1.71 bits per heavy atom. The van der Waals surface area contributed by atoms with Crippen LogP contribution in [0.2, 0.25) is 0 Å². The Kier molecular flexibility index (Phi) is 7.47. The van der Waals surface area contributed by atoms with E-state index in [2.05, 4.69) is 32.5 Å². The van der Waals surface area contributed by atoms with Crippen molar-refractivity contribution in [1.82, 2.24) is 20.2 Å². The number of aromatic nitrogens is 2. The zero-order valence-electron chi connectivity index (χ0n) is 21.9. The van der Waals surface area contributed by atoms with E-state index in [1.165, 1.54) is 13.2 Å². The van der Waals surface area contributed by atoms with E-state index in [1.54, 1.807) is 29.2 Å². The highest BCUT2D eigenvalue weighted by Gasteiger charge is 2.48. The topological polar surface area (TPSA) is 93.7 Å². The summed E-state index contributed by atoms with van der Waals surface area (Å²) in [4.78, 5) is 38.9. The van der Waals surface area contributed by atoms with Crippen molar-refractivity contribution in [3.05, 3.63) is 36.0 Å². The van der Waals surface area contributed by atoms with Crippen LogP contribution in [0.15, 0.2) is 30.5 Å². The fourth-order valence-electron chi connectivity index (χ4n) is 5.54. The fourth-order valence-corrected chi connectivity index (χ4v) is 5.54. The summed E-state index contributed by atoms with van der Waals surface area (Å²) in [5.41, 5.74) is 1.49. The van der Waals surface area contributed by atoms with E-state index in [1.807, 2.05) is 0 Å². The van der Waals surface area contributed by atoms with Crippen LogP contribution in [0, 0.1) is 0 Å².